The third-order valence-corrected chi connectivity index (χ3v) is 4.74. The molecule has 0 spiro atoms. The van der Waals surface area contributed by atoms with Gasteiger partial charge in [0.1, 0.15) is 0 Å². The van der Waals surface area contributed by atoms with E-state index < -0.39 is 53.4 Å². The van der Waals surface area contributed by atoms with Crippen LogP contribution in [0.1, 0.15) is 44.4 Å². The standard InChI is InChI=1S/C16H18F5NO4/c1-4-25-14(24)11-10(7(2)15(3,26-11)16(19,20)21)8-5-6-9(12(17)18)22-13(8)23/h5-7,10-12H,4H2,1-3H3,(H,22,23). The van der Waals surface area contributed by atoms with E-state index in [9.17, 15) is 31.5 Å². The van der Waals surface area contributed by atoms with Crippen molar-refractivity contribution in [2.45, 2.75) is 51.0 Å². The predicted molar refractivity (Wildman–Crippen MR) is 79.9 cm³/mol. The SMILES string of the molecule is CCOC(=O)C1OC(C)(C(F)(F)F)C(C)C1c1ccc(C(F)F)[nH]c1=O. The summed E-state index contributed by atoms with van der Waals surface area (Å²) < 4.78 is 75.8. The van der Waals surface area contributed by atoms with Crippen molar-refractivity contribution in [3.8, 4) is 0 Å². The Bertz CT molecular complexity index is 732. The number of nitrogens with one attached hydrogen (secondary N) is 1. The molecule has 1 aliphatic rings. The first-order valence-corrected chi connectivity index (χ1v) is 7.86. The van der Waals surface area contributed by atoms with E-state index in [0.29, 0.717) is 0 Å². The zero-order valence-electron chi connectivity index (χ0n) is 14.2. The highest BCUT2D eigenvalue weighted by Crippen LogP contribution is 2.52. The number of rotatable bonds is 4. The van der Waals surface area contributed by atoms with Crippen LogP contribution in [0.3, 0.4) is 0 Å². The van der Waals surface area contributed by atoms with Gasteiger partial charge in [0.05, 0.1) is 12.3 Å². The number of halogens is 5. The van der Waals surface area contributed by atoms with Crippen LogP contribution in [0, 0.1) is 5.92 Å². The molecular weight excluding hydrogens is 365 g/mol. The summed E-state index contributed by atoms with van der Waals surface area (Å²) in [6.07, 6.45) is -9.45. The molecule has 4 atom stereocenters. The molecular formula is C16H18F5NO4. The fourth-order valence-corrected chi connectivity index (χ4v) is 3.12. The van der Waals surface area contributed by atoms with Crippen LogP contribution in [-0.4, -0.2) is 35.4 Å². The normalized spacial score (nSPS) is 29.2. The number of carbonyl (C=O) groups is 1. The lowest BCUT2D eigenvalue weighted by Crippen LogP contribution is -2.47. The number of H-pyrrole nitrogens is 1. The fourth-order valence-electron chi connectivity index (χ4n) is 3.12. The number of aromatic amines is 1. The molecule has 26 heavy (non-hydrogen) atoms. The summed E-state index contributed by atoms with van der Waals surface area (Å²) >= 11 is 0. The molecule has 0 aromatic carbocycles. The second-order valence-corrected chi connectivity index (χ2v) is 6.21. The van der Waals surface area contributed by atoms with Gasteiger partial charge < -0.3 is 14.5 Å². The summed E-state index contributed by atoms with van der Waals surface area (Å²) in [6.45, 7) is 3.35. The Hall–Kier alpha value is -1.97. The molecule has 1 aliphatic heterocycles. The van der Waals surface area contributed by atoms with Crippen LogP contribution in [0.25, 0.3) is 0 Å². The number of aromatic nitrogens is 1. The van der Waals surface area contributed by atoms with Crippen LogP contribution in [0.2, 0.25) is 0 Å². The molecule has 1 N–H and O–H groups in total. The summed E-state index contributed by atoms with van der Waals surface area (Å²) in [5, 5.41) is 0. The smallest absolute Gasteiger partial charge is 0.417 e. The predicted octanol–water partition coefficient (Wildman–Crippen LogP) is 3.32. The van der Waals surface area contributed by atoms with E-state index >= 15 is 0 Å². The largest absolute Gasteiger partial charge is 0.464 e. The van der Waals surface area contributed by atoms with Gasteiger partial charge in [-0.1, -0.05) is 13.0 Å². The first-order chi connectivity index (χ1) is 11.9. The molecule has 5 nitrogen and oxygen atoms in total. The highest BCUT2D eigenvalue weighted by atomic mass is 19.4. The molecule has 0 aliphatic carbocycles. The van der Waals surface area contributed by atoms with Gasteiger partial charge in [0, 0.05) is 17.4 Å². The molecule has 0 radical (unpaired) electrons. The second-order valence-electron chi connectivity index (χ2n) is 6.21. The van der Waals surface area contributed by atoms with Gasteiger partial charge in [0.2, 0.25) is 0 Å². The quantitative estimate of drug-likeness (QED) is 0.640. The average Bonchev–Trinajstić information content (AvgIpc) is 2.80. The number of alkyl halides is 5. The molecule has 1 fully saturated rings. The fraction of sp³-hybridized carbons (Fsp3) is 0.625. The van der Waals surface area contributed by atoms with Crippen LogP contribution in [0.15, 0.2) is 16.9 Å². The Kier molecular flexibility index (Phi) is 5.46. The van der Waals surface area contributed by atoms with Gasteiger partial charge in [0.15, 0.2) is 11.7 Å². The molecule has 0 amide bonds. The molecule has 1 aromatic rings. The number of ether oxygens (including phenoxy) is 2. The average molecular weight is 383 g/mol. The molecule has 0 saturated carbocycles. The van der Waals surface area contributed by atoms with E-state index in [0.717, 1.165) is 19.1 Å². The topological polar surface area (TPSA) is 68.4 Å². The van der Waals surface area contributed by atoms with Gasteiger partial charge in [0.25, 0.3) is 12.0 Å². The number of hydrogen-bond donors (Lipinski definition) is 1. The number of esters is 1. The zero-order valence-corrected chi connectivity index (χ0v) is 14.2. The summed E-state index contributed by atoms with van der Waals surface area (Å²) in [7, 11) is 0. The number of pyridine rings is 1. The third-order valence-electron chi connectivity index (χ3n) is 4.74. The van der Waals surface area contributed by atoms with E-state index in [2.05, 4.69) is 0 Å². The zero-order chi connectivity index (χ0) is 19.9. The third kappa shape index (κ3) is 3.34. The molecule has 1 saturated heterocycles. The van der Waals surface area contributed by atoms with Crippen molar-refractivity contribution < 1.29 is 36.2 Å². The molecule has 2 rings (SSSR count). The maximum absolute atomic E-state index is 13.5. The first kappa shape index (κ1) is 20.3. The van der Waals surface area contributed by atoms with Gasteiger partial charge in [-0.25, -0.2) is 13.6 Å². The van der Waals surface area contributed by atoms with Crippen LogP contribution >= 0.6 is 0 Å². The monoisotopic (exact) mass is 383 g/mol. The van der Waals surface area contributed by atoms with Crippen LogP contribution in [-0.2, 0) is 14.3 Å². The van der Waals surface area contributed by atoms with E-state index in [4.69, 9.17) is 9.47 Å². The maximum atomic E-state index is 13.5. The minimum Gasteiger partial charge on any atom is -0.464 e. The highest BCUT2D eigenvalue weighted by Gasteiger charge is 2.66. The number of carbonyl (C=O) groups excluding carboxylic acids is 1. The Balaban J connectivity index is 2.55. The molecule has 146 valence electrons. The van der Waals surface area contributed by atoms with Crippen molar-refractivity contribution in [3.63, 3.8) is 0 Å². The Morgan fingerprint density at radius 1 is 1.38 bits per heavy atom. The van der Waals surface area contributed by atoms with E-state index in [1.165, 1.54) is 13.8 Å². The summed E-state index contributed by atoms with van der Waals surface area (Å²) in [6, 6.07) is 1.90. The van der Waals surface area contributed by atoms with Gasteiger partial charge in [-0.05, 0) is 19.9 Å². The maximum Gasteiger partial charge on any atom is 0.417 e. The van der Waals surface area contributed by atoms with Crippen molar-refractivity contribution >= 4 is 5.97 Å². The molecule has 0 bridgehead atoms. The van der Waals surface area contributed by atoms with E-state index in [1.54, 1.807) is 0 Å². The molecule has 1 aromatic heterocycles. The van der Waals surface area contributed by atoms with Crippen LogP contribution in [0.4, 0.5) is 22.0 Å². The van der Waals surface area contributed by atoms with Crippen LogP contribution < -0.4 is 5.56 Å². The minimum atomic E-state index is -4.82. The van der Waals surface area contributed by atoms with Crippen molar-refractivity contribution in [3.05, 3.63) is 33.7 Å². The summed E-state index contributed by atoms with van der Waals surface area (Å²) in [5.41, 5.74) is -4.61. The van der Waals surface area contributed by atoms with Crippen LogP contribution in [0.5, 0.6) is 0 Å². The Morgan fingerprint density at radius 3 is 2.46 bits per heavy atom. The van der Waals surface area contributed by atoms with E-state index in [1.807, 2.05) is 4.98 Å². The molecule has 4 unspecified atom stereocenters. The van der Waals surface area contributed by atoms with Gasteiger partial charge in [-0.3, -0.25) is 4.79 Å². The lowest BCUT2D eigenvalue weighted by molar-refractivity contribution is -0.274. The summed E-state index contributed by atoms with van der Waals surface area (Å²) in [4.78, 5) is 26.3. The molecule has 2 heterocycles. The van der Waals surface area contributed by atoms with Crippen molar-refractivity contribution in [1.82, 2.24) is 4.98 Å². The Labute approximate surface area is 145 Å². The number of hydrogen-bond acceptors (Lipinski definition) is 4. The van der Waals surface area contributed by atoms with Crippen molar-refractivity contribution in [1.29, 1.82) is 0 Å². The van der Waals surface area contributed by atoms with Crippen molar-refractivity contribution in [2.24, 2.45) is 5.92 Å². The second kappa shape index (κ2) is 6.98. The lowest BCUT2D eigenvalue weighted by Gasteiger charge is -2.31. The Morgan fingerprint density at radius 2 is 2.00 bits per heavy atom. The highest BCUT2D eigenvalue weighted by molar-refractivity contribution is 5.77. The summed E-state index contributed by atoms with van der Waals surface area (Å²) in [5.74, 6) is -3.69. The van der Waals surface area contributed by atoms with Gasteiger partial charge in [-0.2, -0.15) is 13.2 Å². The van der Waals surface area contributed by atoms with Gasteiger partial charge in [-0.15, -0.1) is 0 Å². The van der Waals surface area contributed by atoms with E-state index in [-0.39, 0.29) is 12.2 Å². The van der Waals surface area contributed by atoms with Crippen molar-refractivity contribution in [2.75, 3.05) is 6.61 Å². The molecule has 10 heteroatoms. The minimum absolute atomic E-state index is 0.0940. The first-order valence-electron chi connectivity index (χ1n) is 7.86. The lowest BCUT2D eigenvalue weighted by atomic mass is 9.77. The van der Waals surface area contributed by atoms with Gasteiger partial charge >= 0.3 is 12.1 Å².